The van der Waals surface area contributed by atoms with E-state index in [4.69, 9.17) is 10.7 Å². The fourth-order valence-electron chi connectivity index (χ4n) is 2.15. The zero-order chi connectivity index (χ0) is 13.4. The van der Waals surface area contributed by atoms with Crippen LogP contribution < -0.4 is 5.73 Å². The van der Waals surface area contributed by atoms with Gasteiger partial charge in [-0.2, -0.15) is 0 Å². The molecule has 0 aliphatic rings. The molecule has 0 saturated heterocycles. The largest absolute Gasteiger partial charge is 0.318 e. The van der Waals surface area contributed by atoms with Crippen molar-refractivity contribution in [2.45, 2.75) is 13.0 Å². The third-order valence-electron chi connectivity index (χ3n) is 3.18. The molecule has 1 atom stereocenters. The summed E-state index contributed by atoms with van der Waals surface area (Å²) in [5.74, 6) is 0. The van der Waals surface area contributed by atoms with Crippen molar-refractivity contribution in [2.75, 3.05) is 0 Å². The number of benzene rings is 1. The maximum atomic E-state index is 6.37. The van der Waals surface area contributed by atoms with Crippen LogP contribution in [0.2, 0.25) is 0 Å². The molecule has 0 aliphatic heterocycles. The number of rotatable bonds is 2. The summed E-state index contributed by atoms with van der Waals surface area (Å²) in [5.41, 5.74) is 9.46. The highest BCUT2D eigenvalue weighted by molar-refractivity contribution is 9.10. The van der Waals surface area contributed by atoms with Gasteiger partial charge in [-0.15, -0.1) is 11.3 Å². The van der Waals surface area contributed by atoms with Crippen molar-refractivity contribution in [1.29, 1.82) is 0 Å². The molecule has 19 heavy (non-hydrogen) atoms. The van der Waals surface area contributed by atoms with Crippen LogP contribution in [-0.4, -0.2) is 4.98 Å². The molecular weight excluding hydrogens is 320 g/mol. The summed E-state index contributed by atoms with van der Waals surface area (Å²) in [6.45, 7) is 2.08. The molecule has 2 aromatic heterocycles. The smallest absolute Gasteiger partial charge is 0.0834 e. The highest BCUT2D eigenvalue weighted by atomic mass is 79.9. The average molecular weight is 333 g/mol. The Hall–Kier alpha value is -1.23. The van der Waals surface area contributed by atoms with Crippen molar-refractivity contribution in [2.24, 2.45) is 5.73 Å². The molecule has 3 aromatic rings. The van der Waals surface area contributed by atoms with E-state index in [1.54, 1.807) is 11.3 Å². The van der Waals surface area contributed by atoms with Crippen LogP contribution in [0.1, 0.15) is 22.2 Å². The van der Waals surface area contributed by atoms with E-state index in [1.165, 1.54) is 10.4 Å². The third kappa shape index (κ3) is 2.31. The lowest BCUT2D eigenvalue weighted by Gasteiger charge is -2.13. The van der Waals surface area contributed by atoms with Gasteiger partial charge in [0, 0.05) is 14.7 Å². The molecule has 0 amide bonds. The lowest BCUT2D eigenvalue weighted by Crippen LogP contribution is -2.14. The predicted molar refractivity (Wildman–Crippen MR) is 84.5 cm³/mol. The van der Waals surface area contributed by atoms with Gasteiger partial charge in [-0.3, -0.25) is 0 Å². The van der Waals surface area contributed by atoms with E-state index < -0.39 is 0 Å². The fraction of sp³-hybridized carbons (Fsp3) is 0.133. The number of hydrogen-bond acceptors (Lipinski definition) is 3. The van der Waals surface area contributed by atoms with E-state index in [2.05, 4.69) is 46.4 Å². The van der Waals surface area contributed by atoms with Crippen LogP contribution >= 0.6 is 27.3 Å². The number of halogens is 1. The zero-order valence-corrected chi connectivity index (χ0v) is 12.8. The number of para-hydroxylation sites is 1. The number of pyridine rings is 1. The Morgan fingerprint density at radius 3 is 2.79 bits per heavy atom. The molecule has 0 fully saturated rings. The molecule has 0 saturated carbocycles. The second-order valence-electron chi connectivity index (χ2n) is 4.49. The van der Waals surface area contributed by atoms with Gasteiger partial charge >= 0.3 is 0 Å². The van der Waals surface area contributed by atoms with E-state index >= 15 is 0 Å². The maximum absolute atomic E-state index is 6.37. The summed E-state index contributed by atoms with van der Waals surface area (Å²) < 4.78 is 0.964. The van der Waals surface area contributed by atoms with E-state index in [0.717, 1.165) is 21.1 Å². The Bertz CT molecular complexity index is 736. The fourth-order valence-corrected chi connectivity index (χ4v) is 3.66. The Balaban J connectivity index is 2.14. The number of nitrogens with two attached hydrogens (primary N) is 1. The standard InChI is InChI=1S/C15H13BrN2S/c1-9-6-7-19-15(9)13(17)14-11(16)8-10-4-2-3-5-12(10)18-14/h2-8,13H,17H2,1H3. The van der Waals surface area contributed by atoms with Crippen LogP contribution in [0.15, 0.2) is 46.3 Å². The van der Waals surface area contributed by atoms with Gasteiger partial charge in [0.15, 0.2) is 0 Å². The molecule has 0 spiro atoms. The van der Waals surface area contributed by atoms with Crippen molar-refractivity contribution < 1.29 is 0 Å². The number of hydrogen-bond donors (Lipinski definition) is 1. The molecule has 0 aliphatic carbocycles. The second-order valence-corrected chi connectivity index (χ2v) is 6.30. The predicted octanol–water partition coefficient (Wildman–Crippen LogP) is 4.42. The minimum atomic E-state index is -0.181. The average Bonchev–Trinajstić information content (AvgIpc) is 2.83. The molecule has 0 radical (unpaired) electrons. The summed E-state index contributed by atoms with van der Waals surface area (Å²) in [4.78, 5) is 5.88. The summed E-state index contributed by atoms with van der Waals surface area (Å²) in [5, 5.41) is 3.19. The lowest BCUT2D eigenvalue weighted by molar-refractivity contribution is 0.841. The summed E-state index contributed by atoms with van der Waals surface area (Å²) in [7, 11) is 0. The lowest BCUT2D eigenvalue weighted by atomic mass is 10.1. The van der Waals surface area contributed by atoms with Crippen LogP contribution in [-0.2, 0) is 0 Å². The van der Waals surface area contributed by atoms with Crippen LogP contribution in [0.25, 0.3) is 10.9 Å². The first kappa shape index (κ1) is 12.8. The molecule has 2 N–H and O–H groups in total. The van der Waals surface area contributed by atoms with E-state index in [0.29, 0.717) is 0 Å². The topological polar surface area (TPSA) is 38.9 Å². The minimum Gasteiger partial charge on any atom is -0.318 e. The number of fused-ring (bicyclic) bond motifs is 1. The second kappa shape index (κ2) is 5.04. The van der Waals surface area contributed by atoms with Crippen molar-refractivity contribution >= 4 is 38.2 Å². The van der Waals surface area contributed by atoms with Gasteiger partial charge in [-0.25, -0.2) is 4.98 Å². The maximum Gasteiger partial charge on any atom is 0.0834 e. The van der Waals surface area contributed by atoms with Gasteiger partial charge in [0.2, 0.25) is 0 Å². The van der Waals surface area contributed by atoms with Gasteiger partial charge in [0.25, 0.3) is 0 Å². The number of thiophene rings is 1. The molecule has 2 heterocycles. The quantitative estimate of drug-likeness (QED) is 0.754. The minimum absolute atomic E-state index is 0.181. The SMILES string of the molecule is Cc1ccsc1C(N)c1nc2ccccc2cc1Br. The molecular formula is C15H13BrN2S. The van der Waals surface area contributed by atoms with Crippen LogP contribution in [0.4, 0.5) is 0 Å². The Morgan fingerprint density at radius 2 is 2.05 bits per heavy atom. The van der Waals surface area contributed by atoms with Gasteiger partial charge in [0.1, 0.15) is 0 Å². The van der Waals surface area contributed by atoms with E-state index in [-0.39, 0.29) is 6.04 Å². The van der Waals surface area contributed by atoms with Gasteiger partial charge in [-0.05, 0) is 52.0 Å². The number of aryl methyl sites for hydroxylation is 1. The van der Waals surface area contributed by atoms with Crippen molar-refractivity contribution in [3.63, 3.8) is 0 Å². The zero-order valence-electron chi connectivity index (χ0n) is 10.4. The highest BCUT2D eigenvalue weighted by Crippen LogP contribution is 2.32. The van der Waals surface area contributed by atoms with Gasteiger partial charge in [-0.1, -0.05) is 18.2 Å². The first-order valence-electron chi connectivity index (χ1n) is 6.01. The summed E-state index contributed by atoms with van der Waals surface area (Å²) in [6, 6.07) is 12.1. The normalized spacial score (nSPS) is 12.8. The Kier molecular flexibility index (Phi) is 3.39. The van der Waals surface area contributed by atoms with E-state index in [1.807, 2.05) is 18.2 Å². The summed E-state index contributed by atoms with van der Waals surface area (Å²) >= 11 is 5.27. The Labute approximate surface area is 124 Å². The molecule has 3 rings (SSSR count). The van der Waals surface area contributed by atoms with Crippen LogP contribution in [0.5, 0.6) is 0 Å². The molecule has 1 unspecified atom stereocenters. The molecule has 0 bridgehead atoms. The third-order valence-corrected chi connectivity index (χ3v) is 4.92. The first-order valence-corrected chi connectivity index (χ1v) is 7.69. The highest BCUT2D eigenvalue weighted by Gasteiger charge is 2.17. The Morgan fingerprint density at radius 1 is 1.26 bits per heavy atom. The van der Waals surface area contributed by atoms with Gasteiger partial charge < -0.3 is 5.73 Å². The van der Waals surface area contributed by atoms with Gasteiger partial charge in [0.05, 0.1) is 17.3 Å². The number of nitrogens with zero attached hydrogens (tertiary/aromatic N) is 1. The summed E-state index contributed by atoms with van der Waals surface area (Å²) in [6.07, 6.45) is 0. The van der Waals surface area contributed by atoms with E-state index in [9.17, 15) is 0 Å². The van der Waals surface area contributed by atoms with Crippen molar-refractivity contribution in [3.05, 3.63) is 62.4 Å². The van der Waals surface area contributed by atoms with Crippen LogP contribution in [0.3, 0.4) is 0 Å². The molecule has 4 heteroatoms. The molecule has 1 aromatic carbocycles. The number of aromatic nitrogens is 1. The van der Waals surface area contributed by atoms with Crippen LogP contribution in [0, 0.1) is 6.92 Å². The first-order chi connectivity index (χ1) is 9.16. The monoisotopic (exact) mass is 332 g/mol. The van der Waals surface area contributed by atoms with Crippen molar-refractivity contribution in [3.8, 4) is 0 Å². The molecule has 96 valence electrons. The van der Waals surface area contributed by atoms with Crippen molar-refractivity contribution in [1.82, 2.24) is 4.98 Å². The molecule has 2 nitrogen and oxygen atoms in total.